The lowest BCUT2D eigenvalue weighted by Crippen LogP contribution is -2.29. The van der Waals surface area contributed by atoms with Crippen molar-refractivity contribution in [3.05, 3.63) is 53.6 Å². The summed E-state index contributed by atoms with van der Waals surface area (Å²) >= 11 is 0. The van der Waals surface area contributed by atoms with Crippen LogP contribution >= 0.6 is 0 Å². The molecule has 7 heteroatoms. The molecule has 1 aliphatic rings. The van der Waals surface area contributed by atoms with Crippen molar-refractivity contribution in [3.8, 4) is 11.5 Å². The van der Waals surface area contributed by atoms with Crippen LogP contribution in [-0.4, -0.2) is 30.3 Å². The maximum absolute atomic E-state index is 12.7. The molecular weight excluding hydrogens is 318 g/mol. The van der Waals surface area contributed by atoms with Gasteiger partial charge in [0.25, 0.3) is 15.9 Å². The first kappa shape index (κ1) is 15.4. The van der Waals surface area contributed by atoms with Crippen LogP contribution in [0, 0.1) is 0 Å². The Labute approximate surface area is 134 Å². The fraction of sp³-hybridized carbons (Fsp3) is 0.188. The van der Waals surface area contributed by atoms with Gasteiger partial charge in [0.2, 0.25) is 0 Å². The average Bonchev–Trinajstić information content (AvgIpc) is 2.73. The quantitative estimate of drug-likeness (QED) is 0.927. The van der Waals surface area contributed by atoms with E-state index in [9.17, 15) is 18.3 Å². The summed E-state index contributed by atoms with van der Waals surface area (Å²) in [5.41, 5.74) is 0.567. The van der Waals surface area contributed by atoms with Crippen LogP contribution in [-0.2, 0) is 16.6 Å². The highest BCUT2D eigenvalue weighted by Crippen LogP contribution is 2.42. The standard InChI is InChI=1S/C16H15NO5S/c1-2-22-13-9-8-12(18)15-14(13)16(19)17(23(15,20)21)10-11-6-4-3-5-7-11/h3-9,18H,2,10H2,1H3. The van der Waals surface area contributed by atoms with Gasteiger partial charge in [-0.15, -0.1) is 0 Å². The highest BCUT2D eigenvalue weighted by molar-refractivity contribution is 7.90. The molecule has 1 aliphatic heterocycles. The Morgan fingerprint density at radius 1 is 1.13 bits per heavy atom. The maximum atomic E-state index is 12.7. The van der Waals surface area contributed by atoms with E-state index in [1.807, 2.05) is 0 Å². The van der Waals surface area contributed by atoms with Crippen molar-refractivity contribution in [2.45, 2.75) is 18.4 Å². The Bertz CT molecular complexity index is 862. The Morgan fingerprint density at radius 3 is 2.48 bits per heavy atom. The summed E-state index contributed by atoms with van der Waals surface area (Å²) in [5, 5.41) is 9.95. The minimum Gasteiger partial charge on any atom is -0.506 e. The van der Waals surface area contributed by atoms with Crippen LogP contribution in [0.15, 0.2) is 47.4 Å². The van der Waals surface area contributed by atoms with E-state index in [0.29, 0.717) is 5.56 Å². The molecule has 0 spiro atoms. The zero-order valence-corrected chi connectivity index (χ0v) is 13.2. The molecule has 0 aromatic heterocycles. The molecule has 0 saturated heterocycles. The number of ether oxygens (including phenoxy) is 1. The van der Waals surface area contributed by atoms with E-state index < -0.39 is 21.7 Å². The van der Waals surface area contributed by atoms with Crippen molar-refractivity contribution in [1.82, 2.24) is 4.31 Å². The van der Waals surface area contributed by atoms with Crippen molar-refractivity contribution in [3.63, 3.8) is 0 Å². The summed E-state index contributed by atoms with van der Waals surface area (Å²) in [7, 11) is -4.11. The van der Waals surface area contributed by atoms with E-state index in [1.54, 1.807) is 37.3 Å². The lowest BCUT2D eigenvalue weighted by atomic mass is 10.1. The fourth-order valence-corrected chi connectivity index (χ4v) is 4.17. The SMILES string of the molecule is CCOc1ccc(O)c2c1C(=O)N(Cc1ccccc1)S2(=O)=O. The Morgan fingerprint density at radius 2 is 1.83 bits per heavy atom. The monoisotopic (exact) mass is 333 g/mol. The van der Waals surface area contributed by atoms with Crippen molar-refractivity contribution in [2.24, 2.45) is 0 Å². The first-order chi connectivity index (χ1) is 11.0. The van der Waals surface area contributed by atoms with Crippen molar-refractivity contribution >= 4 is 15.9 Å². The summed E-state index contributed by atoms with van der Waals surface area (Å²) in [6.45, 7) is 1.92. The van der Waals surface area contributed by atoms with Gasteiger partial charge in [-0.05, 0) is 24.6 Å². The first-order valence-corrected chi connectivity index (χ1v) is 8.50. The van der Waals surface area contributed by atoms with Gasteiger partial charge in [0.1, 0.15) is 22.0 Å². The Kier molecular flexibility index (Phi) is 3.73. The molecule has 3 rings (SSSR count). The average molecular weight is 333 g/mol. The molecule has 1 N–H and O–H groups in total. The van der Waals surface area contributed by atoms with Gasteiger partial charge in [-0.25, -0.2) is 12.7 Å². The lowest BCUT2D eigenvalue weighted by Gasteiger charge is -2.15. The largest absolute Gasteiger partial charge is 0.506 e. The predicted molar refractivity (Wildman–Crippen MR) is 82.8 cm³/mol. The van der Waals surface area contributed by atoms with Gasteiger partial charge in [0.15, 0.2) is 0 Å². The molecule has 0 radical (unpaired) electrons. The van der Waals surface area contributed by atoms with Gasteiger partial charge in [0, 0.05) is 0 Å². The minimum absolute atomic E-state index is 0.0955. The number of phenolic OH excluding ortho intramolecular Hbond substituents is 1. The number of nitrogens with zero attached hydrogens (tertiary/aromatic N) is 1. The number of carbonyl (C=O) groups excluding carboxylic acids is 1. The molecule has 120 valence electrons. The number of sulfonamides is 1. The Balaban J connectivity index is 2.11. The Hall–Kier alpha value is -2.54. The van der Waals surface area contributed by atoms with Crippen molar-refractivity contribution in [1.29, 1.82) is 0 Å². The van der Waals surface area contributed by atoms with Crippen LogP contribution in [0.1, 0.15) is 22.8 Å². The third kappa shape index (κ3) is 2.43. The second-order valence-corrected chi connectivity index (χ2v) is 6.82. The number of rotatable bonds is 4. The summed E-state index contributed by atoms with van der Waals surface area (Å²) in [6.07, 6.45) is 0. The smallest absolute Gasteiger partial charge is 0.273 e. The number of hydrogen-bond donors (Lipinski definition) is 1. The van der Waals surface area contributed by atoms with Crippen LogP contribution in [0.25, 0.3) is 0 Å². The van der Waals surface area contributed by atoms with Crippen LogP contribution in [0.4, 0.5) is 0 Å². The number of amides is 1. The van der Waals surface area contributed by atoms with Gasteiger partial charge in [-0.1, -0.05) is 30.3 Å². The lowest BCUT2D eigenvalue weighted by molar-refractivity contribution is 0.0861. The molecule has 0 aliphatic carbocycles. The van der Waals surface area contributed by atoms with Gasteiger partial charge >= 0.3 is 0 Å². The number of benzene rings is 2. The fourth-order valence-electron chi connectivity index (χ4n) is 2.54. The molecule has 2 aromatic carbocycles. The molecular formula is C16H15NO5S. The van der Waals surface area contributed by atoms with Crippen LogP contribution < -0.4 is 4.74 Å². The van der Waals surface area contributed by atoms with Gasteiger partial charge < -0.3 is 9.84 Å². The second kappa shape index (κ2) is 5.58. The zero-order chi connectivity index (χ0) is 16.6. The van der Waals surface area contributed by atoms with Crippen molar-refractivity contribution in [2.75, 3.05) is 6.61 Å². The second-order valence-electron chi connectivity index (χ2n) is 5.02. The predicted octanol–water partition coefficient (Wildman–Crippen LogP) is 2.14. The molecule has 0 fully saturated rings. The molecule has 0 unspecified atom stereocenters. The summed E-state index contributed by atoms with van der Waals surface area (Å²) in [5.74, 6) is -0.986. The molecule has 0 saturated carbocycles. The summed E-state index contributed by atoms with van der Waals surface area (Å²) in [6, 6.07) is 11.4. The van der Waals surface area contributed by atoms with E-state index >= 15 is 0 Å². The van der Waals surface area contributed by atoms with E-state index in [4.69, 9.17) is 4.74 Å². The van der Waals surface area contributed by atoms with Crippen LogP contribution in [0.5, 0.6) is 11.5 Å². The van der Waals surface area contributed by atoms with E-state index in [0.717, 1.165) is 4.31 Å². The van der Waals surface area contributed by atoms with Crippen LogP contribution in [0.2, 0.25) is 0 Å². The maximum Gasteiger partial charge on any atom is 0.273 e. The molecule has 2 aromatic rings. The van der Waals surface area contributed by atoms with E-state index in [-0.39, 0.29) is 29.4 Å². The number of phenols is 1. The van der Waals surface area contributed by atoms with Gasteiger partial charge in [0.05, 0.1) is 13.2 Å². The highest BCUT2D eigenvalue weighted by Gasteiger charge is 2.45. The molecule has 0 atom stereocenters. The number of carbonyl (C=O) groups is 1. The van der Waals surface area contributed by atoms with E-state index in [1.165, 1.54) is 12.1 Å². The van der Waals surface area contributed by atoms with E-state index in [2.05, 4.69) is 0 Å². The van der Waals surface area contributed by atoms with Crippen molar-refractivity contribution < 1.29 is 23.1 Å². The third-order valence-electron chi connectivity index (χ3n) is 3.56. The minimum atomic E-state index is -4.11. The topological polar surface area (TPSA) is 83.9 Å². The van der Waals surface area contributed by atoms with Crippen LogP contribution in [0.3, 0.4) is 0 Å². The molecule has 23 heavy (non-hydrogen) atoms. The molecule has 6 nitrogen and oxygen atoms in total. The van der Waals surface area contributed by atoms with Gasteiger partial charge in [-0.3, -0.25) is 4.79 Å². The number of aromatic hydroxyl groups is 1. The highest BCUT2D eigenvalue weighted by atomic mass is 32.2. The normalized spacial score (nSPS) is 15.5. The number of hydrogen-bond acceptors (Lipinski definition) is 5. The molecule has 0 bridgehead atoms. The third-order valence-corrected chi connectivity index (χ3v) is 5.36. The summed E-state index contributed by atoms with van der Waals surface area (Å²) < 4.78 is 31.4. The summed E-state index contributed by atoms with van der Waals surface area (Å²) in [4.78, 5) is 12.2. The first-order valence-electron chi connectivity index (χ1n) is 7.06. The number of fused-ring (bicyclic) bond motifs is 1. The van der Waals surface area contributed by atoms with Gasteiger partial charge in [-0.2, -0.15) is 0 Å². The molecule has 1 amide bonds. The molecule has 1 heterocycles. The zero-order valence-electron chi connectivity index (χ0n) is 12.4.